The van der Waals surface area contributed by atoms with Gasteiger partial charge in [0, 0.05) is 54.4 Å². The molecule has 2 nitrogen and oxygen atoms in total. The number of anilines is 2. The van der Waals surface area contributed by atoms with Crippen molar-refractivity contribution in [1.29, 1.82) is 0 Å². The third-order valence-electron chi connectivity index (χ3n) is 7.65. The summed E-state index contributed by atoms with van der Waals surface area (Å²) in [6.45, 7) is 9.01. The van der Waals surface area contributed by atoms with Crippen LogP contribution in [0.25, 0.3) is 53.7 Å². The Morgan fingerprint density at radius 3 is 2.41 bits per heavy atom. The van der Waals surface area contributed by atoms with Crippen LogP contribution in [-0.2, 0) is 5.41 Å². The van der Waals surface area contributed by atoms with E-state index in [1.807, 2.05) is 17.5 Å². The number of pyridine rings is 1. The topological polar surface area (TPSA) is 24.9 Å². The van der Waals surface area contributed by atoms with E-state index in [-0.39, 0.29) is 5.41 Å². The minimum absolute atomic E-state index is 0.0780. The van der Waals surface area contributed by atoms with Gasteiger partial charge in [0.25, 0.3) is 0 Å². The van der Waals surface area contributed by atoms with Gasteiger partial charge < -0.3 is 5.32 Å². The molecule has 1 aliphatic heterocycles. The Bertz CT molecular complexity index is 1850. The largest absolute Gasteiger partial charge is 0.354 e. The molecule has 180 valence electrons. The number of aromatic nitrogens is 1. The second kappa shape index (κ2) is 8.03. The second-order valence-corrected chi connectivity index (χ2v) is 12.1. The van der Waals surface area contributed by atoms with Gasteiger partial charge in [-0.3, -0.25) is 4.98 Å². The molecule has 0 atom stereocenters. The van der Waals surface area contributed by atoms with Crippen molar-refractivity contribution in [2.75, 3.05) is 5.32 Å². The molecule has 0 fully saturated rings. The third-order valence-corrected chi connectivity index (χ3v) is 8.78. The van der Waals surface area contributed by atoms with Gasteiger partial charge in [-0.05, 0) is 77.1 Å². The molecule has 4 aromatic carbocycles. The Morgan fingerprint density at radius 1 is 0.730 bits per heavy atom. The fourth-order valence-corrected chi connectivity index (χ4v) is 6.75. The van der Waals surface area contributed by atoms with E-state index in [1.54, 1.807) is 0 Å². The van der Waals surface area contributed by atoms with Crippen LogP contribution in [0, 0.1) is 6.92 Å². The fourth-order valence-electron chi connectivity index (χ4n) is 5.63. The molecule has 2 bridgehead atoms. The van der Waals surface area contributed by atoms with Crippen molar-refractivity contribution < 1.29 is 0 Å². The van der Waals surface area contributed by atoms with E-state index >= 15 is 0 Å². The quantitative estimate of drug-likeness (QED) is 0.244. The first kappa shape index (κ1) is 22.3. The zero-order valence-electron chi connectivity index (χ0n) is 21.5. The summed E-state index contributed by atoms with van der Waals surface area (Å²) in [6, 6.07) is 31.1. The van der Waals surface area contributed by atoms with Gasteiger partial charge >= 0.3 is 0 Å². The van der Waals surface area contributed by atoms with Crippen molar-refractivity contribution in [2.45, 2.75) is 33.1 Å². The molecule has 0 saturated heterocycles. The standard InChI is InChI=1S/C34H28N2S/c1-20-23-9-7-10-24(20)32-28(14-15-31-33(32)25-8-5-6-11-30(25)37-31)36-27-13-12-21(18-26(23)27)29-19-22(16-17-35-29)34(2,3)4/h5-19,36H,1-4H3. The lowest BCUT2D eigenvalue weighted by molar-refractivity contribution is 0.589. The number of benzene rings is 4. The smallest absolute Gasteiger partial charge is 0.0705 e. The van der Waals surface area contributed by atoms with E-state index in [2.05, 4.69) is 118 Å². The van der Waals surface area contributed by atoms with Crippen LogP contribution in [0.3, 0.4) is 0 Å². The first-order chi connectivity index (χ1) is 17.9. The summed E-state index contributed by atoms with van der Waals surface area (Å²) in [4.78, 5) is 4.74. The summed E-state index contributed by atoms with van der Waals surface area (Å²) in [5.74, 6) is 0. The summed E-state index contributed by atoms with van der Waals surface area (Å²) in [5, 5.41) is 6.50. The van der Waals surface area contributed by atoms with Gasteiger partial charge in [0.15, 0.2) is 0 Å². The van der Waals surface area contributed by atoms with Crippen molar-refractivity contribution in [1.82, 2.24) is 4.98 Å². The summed E-state index contributed by atoms with van der Waals surface area (Å²) >= 11 is 1.87. The Morgan fingerprint density at radius 2 is 1.54 bits per heavy atom. The van der Waals surface area contributed by atoms with Gasteiger partial charge in [0.05, 0.1) is 5.69 Å². The average molecular weight is 497 g/mol. The van der Waals surface area contributed by atoms with Crippen molar-refractivity contribution in [3.05, 3.63) is 102 Å². The number of rotatable bonds is 1. The van der Waals surface area contributed by atoms with Crippen LogP contribution in [-0.4, -0.2) is 4.98 Å². The maximum absolute atomic E-state index is 4.74. The molecule has 3 heteroatoms. The Balaban J connectivity index is 1.47. The summed E-state index contributed by atoms with van der Waals surface area (Å²) < 4.78 is 2.66. The van der Waals surface area contributed by atoms with Crippen LogP contribution >= 0.6 is 11.3 Å². The molecule has 7 rings (SSSR count). The number of nitrogens with one attached hydrogen (secondary N) is 1. The van der Waals surface area contributed by atoms with Gasteiger partial charge in [-0.25, -0.2) is 0 Å². The molecule has 0 spiro atoms. The normalized spacial score (nSPS) is 12.5. The molecule has 37 heavy (non-hydrogen) atoms. The molecular weight excluding hydrogens is 468 g/mol. The Hall–Kier alpha value is -3.95. The predicted molar refractivity (Wildman–Crippen MR) is 160 cm³/mol. The van der Waals surface area contributed by atoms with E-state index in [0.717, 1.165) is 22.6 Å². The van der Waals surface area contributed by atoms with Gasteiger partial charge in [-0.2, -0.15) is 0 Å². The molecule has 6 aromatic rings. The summed E-state index contributed by atoms with van der Waals surface area (Å²) in [7, 11) is 0. The van der Waals surface area contributed by atoms with E-state index in [4.69, 9.17) is 4.98 Å². The maximum atomic E-state index is 4.74. The van der Waals surface area contributed by atoms with E-state index in [1.165, 1.54) is 53.6 Å². The zero-order valence-corrected chi connectivity index (χ0v) is 22.3. The Labute approximate surface area is 221 Å². The Kier molecular flexibility index (Phi) is 4.83. The minimum atomic E-state index is 0.0780. The van der Waals surface area contributed by atoms with Crippen LogP contribution in [0.15, 0.2) is 91.1 Å². The predicted octanol–water partition coefficient (Wildman–Crippen LogP) is 10.1. The van der Waals surface area contributed by atoms with E-state index < -0.39 is 0 Å². The van der Waals surface area contributed by atoms with Gasteiger partial charge in [-0.1, -0.05) is 63.2 Å². The lowest BCUT2D eigenvalue weighted by Crippen LogP contribution is -2.11. The highest BCUT2D eigenvalue weighted by atomic mass is 32.1. The van der Waals surface area contributed by atoms with Crippen LogP contribution in [0.1, 0.15) is 31.9 Å². The van der Waals surface area contributed by atoms with Crippen LogP contribution in [0.4, 0.5) is 11.4 Å². The second-order valence-electron chi connectivity index (χ2n) is 11.0. The molecule has 2 aromatic heterocycles. The molecule has 3 heterocycles. The summed E-state index contributed by atoms with van der Waals surface area (Å²) in [6.07, 6.45) is 1.93. The highest BCUT2D eigenvalue weighted by Crippen LogP contribution is 2.49. The zero-order chi connectivity index (χ0) is 25.3. The van der Waals surface area contributed by atoms with Crippen LogP contribution < -0.4 is 5.32 Å². The fraction of sp³-hybridized carbons (Fsp3) is 0.147. The molecule has 0 saturated carbocycles. The highest BCUT2D eigenvalue weighted by molar-refractivity contribution is 7.26. The van der Waals surface area contributed by atoms with Crippen molar-refractivity contribution in [3.63, 3.8) is 0 Å². The third kappa shape index (κ3) is 3.49. The first-order valence-corrected chi connectivity index (χ1v) is 13.6. The first-order valence-electron chi connectivity index (χ1n) is 12.8. The summed E-state index contributed by atoms with van der Waals surface area (Å²) in [5.41, 5.74) is 12.2. The monoisotopic (exact) mass is 496 g/mol. The maximum Gasteiger partial charge on any atom is 0.0705 e. The van der Waals surface area contributed by atoms with E-state index in [9.17, 15) is 0 Å². The average Bonchev–Trinajstić information content (AvgIpc) is 3.28. The van der Waals surface area contributed by atoms with Crippen molar-refractivity contribution in [2.24, 2.45) is 0 Å². The molecule has 0 unspecified atom stereocenters. The van der Waals surface area contributed by atoms with Gasteiger partial charge in [-0.15, -0.1) is 11.3 Å². The van der Waals surface area contributed by atoms with Crippen molar-refractivity contribution >= 4 is 42.9 Å². The number of nitrogens with zero attached hydrogens (tertiary/aromatic N) is 1. The molecule has 0 radical (unpaired) electrons. The molecule has 1 aliphatic rings. The lowest BCUT2D eigenvalue weighted by Gasteiger charge is -2.24. The van der Waals surface area contributed by atoms with Crippen LogP contribution in [0.5, 0.6) is 0 Å². The molecule has 1 N–H and O–H groups in total. The minimum Gasteiger partial charge on any atom is -0.354 e. The van der Waals surface area contributed by atoms with E-state index in [0.29, 0.717) is 0 Å². The van der Waals surface area contributed by atoms with Gasteiger partial charge in [0.2, 0.25) is 0 Å². The van der Waals surface area contributed by atoms with Crippen LogP contribution in [0.2, 0.25) is 0 Å². The SMILES string of the molecule is Cc1c2cccc1-c1c(ccc3sc4ccccc4c13)Nc1ccc(-c3cc(C(C)(C)C)ccn3)cc1-2. The lowest BCUT2D eigenvalue weighted by atomic mass is 9.85. The number of thiophene rings is 1. The number of hydrogen-bond donors (Lipinski definition) is 1. The number of hydrogen-bond acceptors (Lipinski definition) is 3. The molecule has 0 aliphatic carbocycles. The van der Waals surface area contributed by atoms with Gasteiger partial charge in [0.1, 0.15) is 0 Å². The van der Waals surface area contributed by atoms with Crippen molar-refractivity contribution in [3.8, 4) is 33.5 Å². The molecular formula is C34H28N2S. The number of fused-ring (bicyclic) bond motifs is 10. The highest BCUT2D eigenvalue weighted by Gasteiger charge is 2.23. The molecule has 0 amide bonds.